The molecular weight excluding hydrogens is 193 g/mol. The summed E-state index contributed by atoms with van der Waals surface area (Å²) in [6, 6.07) is 4.57. The van der Waals surface area contributed by atoms with E-state index < -0.39 is 0 Å². The molecular formula is C12H16FNO. The number of rotatable bonds is 4. The summed E-state index contributed by atoms with van der Waals surface area (Å²) in [6.07, 6.45) is 0. The number of methoxy groups -OCH3 is 1. The van der Waals surface area contributed by atoms with Gasteiger partial charge in [-0.3, -0.25) is 0 Å². The monoisotopic (exact) mass is 209 g/mol. The van der Waals surface area contributed by atoms with E-state index in [1.165, 1.54) is 13.2 Å². The lowest BCUT2D eigenvalue weighted by Crippen LogP contribution is -2.19. The Morgan fingerprint density at radius 2 is 2.20 bits per heavy atom. The van der Waals surface area contributed by atoms with Gasteiger partial charge in [0.05, 0.1) is 18.7 Å². The van der Waals surface area contributed by atoms with E-state index in [2.05, 4.69) is 11.9 Å². The highest BCUT2D eigenvalue weighted by Crippen LogP contribution is 2.31. The number of ether oxygens (including phenoxy) is 1. The van der Waals surface area contributed by atoms with Gasteiger partial charge in [-0.1, -0.05) is 18.2 Å². The van der Waals surface area contributed by atoms with Crippen molar-refractivity contribution < 1.29 is 9.13 Å². The maximum atomic E-state index is 13.7. The van der Waals surface area contributed by atoms with Gasteiger partial charge in [-0.05, 0) is 26.1 Å². The average molecular weight is 209 g/mol. The molecule has 0 aliphatic rings. The van der Waals surface area contributed by atoms with E-state index in [1.807, 2.05) is 6.92 Å². The number of benzene rings is 1. The lowest BCUT2D eigenvalue weighted by molar-refractivity contribution is 0.398. The third kappa shape index (κ3) is 2.36. The van der Waals surface area contributed by atoms with Crippen molar-refractivity contribution in [3.05, 3.63) is 41.7 Å². The van der Waals surface area contributed by atoms with Gasteiger partial charge in [0.2, 0.25) is 0 Å². The van der Waals surface area contributed by atoms with Crippen molar-refractivity contribution in [2.75, 3.05) is 14.2 Å². The second kappa shape index (κ2) is 4.94. The van der Waals surface area contributed by atoms with Crippen LogP contribution in [-0.2, 0) is 0 Å². The van der Waals surface area contributed by atoms with E-state index in [-0.39, 0.29) is 11.9 Å². The van der Waals surface area contributed by atoms with Crippen molar-refractivity contribution in [2.45, 2.75) is 13.0 Å². The maximum absolute atomic E-state index is 13.7. The van der Waals surface area contributed by atoms with Gasteiger partial charge in [0.1, 0.15) is 11.6 Å². The Hall–Kier alpha value is -1.35. The highest BCUT2D eigenvalue weighted by Gasteiger charge is 2.19. The van der Waals surface area contributed by atoms with Crippen LogP contribution in [0.4, 0.5) is 4.39 Å². The second-order valence-corrected chi connectivity index (χ2v) is 3.42. The predicted octanol–water partition coefficient (Wildman–Crippen LogP) is 2.67. The first-order valence-corrected chi connectivity index (χ1v) is 4.76. The molecule has 0 amide bonds. The van der Waals surface area contributed by atoms with E-state index in [0.29, 0.717) is 11.3 Å². The van der Waals surface area contributed by atoms with Gasteiger partial charge >= 0.3 is 0 Å². The number of likely N-dealkylation sites (N-methyl/N-ethyl adjacent to an activating group) is 1. The summed E-state index contributed by atoms with van der Waals surface area (Å²) in [7, 11) is 3.30. The van der Waals surface area contributed by atoms with Gasteiger partial charge in [0, 0.05) is 0 Å². The molecule has 0 heterocycles. The molecule has 1 unspecified atom stereocenters. The molecule has 0 aromatic heterocycles. The molecule has 15 heavy (non-hydrogen) atoms. The Morgan fingerprint density at radius 3 is 2.67 bits per heavy atom. The summed E-state index contributed by atoms with van der Waals surface area (Å²) in [5.41, 5.74) is 1.36. The SMILES string of the molecule is C=C(C)C(NC)c1c(F)cccc1OC. The summed E-state index contributed by atoms with van der Waals surface area (Å²) in [5, 5.41) is 3.01. The van der Waals surface area contributed by atoms with Crippen molar-refractivity contribution in [3.63, 3.8) is 0 Å². The Morgan fingerprint density at radius 1 is 1.53 bits per heavy atom. The molecule has 1 aromatic carbocycles. The van der Waals surface area contributed by atoms with Crippen LogP contribution in [0.2, 0.25) is 0 Å². The molecule has 0 saturated carbocycles. The molecule has 0 aliphatic carbocycles. The number of hydrogen-bond acceptors (Lipinski definition) is 2. The van der Waals surface area contributed by atoms with E-state index in [1.54, 1.807) is 19.2 Å². The van der Waals surface area contributed by atoms with E-state index in [9.17, 15) is 4.39 Å². The lowest BCUT2D eigenvalue weighted by Gasteiger charge is -2.20. The van der Waals surface area contributed by atoms with Crippen molar-refractivity contribution >= 4 is 0 Å². The van der Waals surface area contributed by atoms with Crippen LogP contribution in [0.1, 0.15) is 18.5 Å². The highest BCUT2D eigenvalue weighted by atomic mass is 19.1. The zero-order valence-corrected chi connectivity index (χ0v) is 9.30. The minimum absolute atomic E-state index is 0.221. The molecule has 1 rings (SSSR count). The van der Waals surface area contributed by atoms with Gasteiger partial charge in [-0.2, -0.15) is 0 Å². The topological polar surface area (TPSA) is 21.3 Å². The van der Waals surface area contributed by atoms with Gasteiger partial charge in [-0.25, -0.2) is 4.39 Å². The smallest absolute Gasteiger partial charge is 0.132 e. The molecule has 3 heteroatoms. The first kappa shape index (κ1) is 11.7. The third-order valence-electron chi connectivity index (χ3n) is 2.30. The normalized spacial score (nSPS) is 12.3. The zero-order valence-electron chi connectivity index (χ0n) is 9.30. The fourth-order valence-corrected chi connectivity index (χ4v) is 1.61. The van der Waals surface area contributed by atoms with Gasteiger partial charge in [0.15, 0.2) is 0 Å². The summed E-state index contributed by atoms with van der Waals surface area (Å²) < 4.78 is 18.8. The Balaban J connectivity index is 3.26. The fraction of sp³-hybridized carbons (Fsp3) is 0.333. The van der Waals surface area contributed by atoms with Crippen molar-refractivity contribution in [1.29, 1.82) is 0 Å². The standard InChI is InChI=1S/C12H16FNO/c1-8(2)12(14-3)11-9(13)6-5-7-10(11)15-4/h5-7,12,14H,1H2,2-4H3. The minimum atomic E-state index is -0.281. The van der Waals surface area contributed by atoms with E-state index >= 15 is 0 Å². The Kier molecular flexibility index (Phi) is 3.86. The number of nitrogens with one attached hydrogen (secondary N) is 1. The quantitative estimate of drug-likeness (QED) is 0.770. The fourth-order valence-electron chi connectivity index (χ4n) is 1.61. The molecule has 1 aromatic rings. The van der Waals surface area contributed by atoms with Crippen molar-refractivity contribution in [2.24, 2.45) is 0 Å². The molecule has 0 bridgehead atoms. The molecule has 0 spiro atoms. The van der Waals surface area contributed by atoms with Crippen LogP contribution in [0.25, 0.3) is 0 Å². The summed E-state index contributed by atoms with van der Waals surface area (Å²) in [4.78, 5) is 0. The molecule has 0 saturated heterocycles. The largest absolute Gasteiger partial charge is 0.496 e. The van der Waals surface area contributed by atoms with E-state index in [4.69, 9.17) is 4.74 Å². The zero-order chi connectivity index (χ0) is 11.4. The van der Waals surface area contributed by atoms with Crippen LogP contribution in [0.5, 0.6) is 5.75 Å². The minimum Gasteiger partial charge on any atom is -0.496 e. The molecule has 0 fully saturated rings. The van der Waals surface area contributed by atoms with Crippen LogP contribution >= 0.6 is 0 Å². The summed E-state index contributed by atoms with van der Waals surface area (Å²) in [6.45, 7) is 5.69. The van der Waals surface area contributed by atoms with E-state index in [0.717, 1.165) is 5.57 Å². The molecule has 2 nitrogen and oxygen atoms in total. The van der Waals surface area contributed by atoms with Crippen molar-refractivity contribution in [3.8, 4) is 5.75 Å². The number of hydrogen-bond donors (Lipinski definition) is 1. The molecule has 82 valence electrons. The highest BCUT2D eigenvalue weighted by molar-refractivity contribution is 5.40. The second-order valence-electron chi connectivity index (χ2n) is 3.42. The van der Waals surface area contributed by atoms with Crippen LogP contribution in [0.3, 0.4) is 0 Å². The molecule has 1 N–H and O–H groups in total. The third-order valence-corrected chi connectivity index (χ3v) is 2.30. The molecule has 0 aliphatic heterocycles. The maximum Gasteiger partial charge on any atom is 0.132 e. The van der Waals surface area contributed by atoms with Gasteiger partial charge in [-0.15, -0.1) is 0 Å². The van der Waals surface area contributed by atoms with Crippen LogP contribution in [-0.4, -0.2) is 14.2 Å². The first-order valence-electron chi connectivity index (χ1n) is 4.76. The first-order chi connectivity index (χ1) is 7.11. The van der Waals surface area contributed by atoms with Crippen LogP contribution in [0, 0.1) is 5.82 Å². The lowest BCUT2D eigenvalue weighted by atomic mass is 9.99. The Labute approximate surface area is 89.8 Å². The van der Waals surface area contributed by atoms with Crippen LogP contribution in [0.15, 0.2) is 30.4 Å². The van der Waals surface area contributed by atoms with Gasteiger partial charge < -0.3 is 10.1 Å². The average Bonchev–Trinajstić information content (AvgIpc) is 2.21. The summed E-state index contributed by atoms with van der Waals surface area (Å²) >= 11 is 0. The predicted molar refractivity (Wildman–Crippen MR) is 59.6 cm³/mol. The Bertz CT molecular complexity index is 363. The van der Waals surface area contributed by atoms with Gasteiger partial charge in [0.25, 0.3) is 0 Å². The molecule has 0 radical (unpaired) electrons. The van der Waals surface area contributed by atoms with Crippen LogP contribution < -0.4 is 10.1 Å². The molecule has 1 atom stereocenters. The van der Waals surface area contributed by atoms with Crippen molar-refractivity contribution in [1.82, 2.24) is 5.32 Å². The summed E-state index contributed by atoms with van der Waals surface area (Å²) in [5.74, 6) is 0.258. The number of halogens is 1.